The van der Waals surface area contributed by atoms with Crippen LogP contribution in [0.4, 0.5) is 5.69 Å². The highest BCUT2D eigenvalue weighted by Gasteiger charge is 2.22. The summed E-state index contributed by atoms with van der Waals surface area (Å²) in [4.78, 5) is 16.4. The molecule has 1 heterocycles. The standard InChI is InChI=1S/C19H21N5O3S/c1-19(2,3)23-28(26,27)17-10-4-14(5-11-17)18(25)22-15-6-8-16(9-7-15)24-13-20-12-21-24/h4-13,23H,1-3H3,(H,22,25). The van der Waals surface area contributed by atoms with Gasteiger partial charge in [-0.2, -0.15) is 5.10 Å². The van der Waals surface area contributed by atoms with Crippen molar-refractivity contribution in [3.63, 3.8) is 0 Å². The quantitative estimate of drug-likeness (QED) is 0.686. The van der Waals surface area contributed by atoms with Crippen molar-refractivity contribution in [1.29, 1.82) is 0 Å². The number of sulfonamides is 1. The molecule has 0 fully saturated rings. The van der Waals surface area contributed by atoms with Gasteiger partial charge < -0.3 is 5.32 Å². The number of rotatable bonds is 5. The number of nitrogens with one attached hydrogen (secondary N) is 2. The van der Waals surface area contributed by atoms with Crippen molar-refractivity contribution >= 4 is 21.6 Å². The Bertz CT molecular complexity index is 1050. The van der Waals surface area contributed by atoms with E-state index in [1.807, 2.05) is 0 Å². The van der Waals surface area contributed by atoms with Crippen LogP contribution in [0.25, 0.3) is 5.69 Å². The van der Waals surface area contributed by atoms with Crippen LogP contribution in [-0.2, 0) is 10.0 Å². The van der Waals surface area contributed by atoms with E-state index in [1.54, 1.807) is 56.0 Å². The van der Waals surface area contributed by atoms with Crippen LogP contribution in [0.15, 0.2) is 66.1 Å². The lowest BCUT2D eigenvalue weighted by Crippen LogP contribution is -2.40. The molecule has 0 unspecified atom stereocenters. The third-order valence-electron chi connectivity index (χ3n) is 3.68. The van der Waals surface area contributed by atoms with Crippen LogP contribution in [0.3, 0.4) is 0 Å². The van der Waals surface area contributed by atoms with Gasteiger partial charge in [-0.3, -0.25) is 4.79 Å². The first-order valence-electron chi connectivity index (χ1n) is 8.54. The fourth-order valence-corrected chi connectivity index (χ4v) is 3.91. The van der Waals surface area contributed by atoms with Gasteiger partial charge in [0.25, 0.3) is 5.91 Å². The molecule has 28 heavy (non-hydrogen) atoms. The van der Waals surface area contributed by atoms with Gasteiger partial charge in [0, 0.05) is 16.8 Å². The highest BCUT2D eigenvalue weighted by Crippen LogP contribution is 2.16. The van der Waals surface area contributed by atoms with Crippen molar-refractivity contribution in [2.24, 2.45) is 0 Å². The summed E-state index contributed by atoms with van der Waals surface area (Å²) in [7, 11) is -3.64. The number of hydrogen-bond acceptors (Lipinski definition) is 5. The number of anilines is 1. The van der Waals surface area contributed by atoms with E-state index >= 15 is 0 Å². The lowest BCUT2D eigenvalue weighted by Gasteiger charge is -2.20. The maximum atomic E-state index is 12.4. The first kappa shape index (κ1) is 19.7. The largest absolute Gasteiger partial charge is 0.322 e. The molecule has 0 saturated heterocycles. The second-order valence-electron chi connectivity index (χ2n) is 7.22. The molecule has 0 aliphatic rings. The van der Waals surface area contributed by atoms with E-state index in [2.05, 4.69) is 20.1 Å². The van der Waals surface area contributed by atoms with Crippen LogP contribution >= 0.6 is 0 Å². The SMILES string of the molecule is CC(C)(C)NS(=O)(=O)c1ccc(C(=O)Nc2ccc(-n3cncn3)cc2)cc1. The van der Waals surface area contributed by atoms with Crippen molar-refractivity contribution in [2.75, 3.05) is 5.32 Å². The predicted octanol–water partition coefficient (Wildman–Crippen LogP) is 2.60. The molecular weight excluding hydrogens is 378 g/mol. The average molecular weight is 399 g/mol. The molecule has 0 saturated carbocycles. The lowest BCUT2D eigenvalue weighted by atomic mass is 10.1. The Labute approximate surface area is 163 Å². The molecular formula is C19H21N5O3S. The highest BCUT2D eigenvalue weighted by molar-refractivity contribution is 7.89. The lowest BCUT2D eigenvalue weighted by molar-refractivity contribution is 0.102. The minimum Gasteiger partial charge on any atom is -0.322 e. The fourth-order valence-electron chi connectivity index (χ4n) is 2.49. The van der Waals surface area contributed by atoms with Crippen LogP contribution in [0.1, 0.15) is 31.1 Å². The van der Waals surface area contributed by atoms with Gasteiger partial charge in [0.1, 0.15) is 12.7 Å². The molecule has 3 rings (SSSR count). The fraction of sp³-hybridized carbons (Fsp3) is 0.211. The van der Waals surface area contributed by atoms with Crippen LogP contribution in [0, 0.1) is 0 Å². The number of amides is 1. The van der Waals surface area contributed by atoms with Crippen molar-refractivity contribution in [3.8, 4) is 5.69 Å². The van der Waals surface area contributed by atoms with Crippen molar-refractivity contribution in [1.82, 2.24) is 19.5 Å². The van der Waals surface area contributed by atoms with E-state index in [0.29, 0.717) is 11.3 Å². The van der Waals surface area contributed by atoms with Gasteiger partial charge in [-0.25, -0.2) is 22.8 Å². The second kappa shape index (κ2) is 7.53. The zero-order chi connectivity index (χ0) is 20.4. The Kier molecular flexibility index (Phi) is 5.30. The van der Waals surface area contributed by atoms with E-state index in [9.17, 15) is 13.2 Å². The number of hydrogen-bond donors (Lipinski definition) is 2. The first-order valence-corrected chi connectivity index (χ1v) is 10.0. The smallest absolute Gasteiger partial charge is 0.255 e. The third-order valence-corrected chi connectivity index (χ3v) is 5.45. The maximum absolute atomic E-state index is 12.4. The molecule has 2 N–H and O–H groups in total. The van der Waals surface area contributed by atoms with Crippen LogP contribution in [-0.4, -0.2) is 34.6 Å². The number of benzene rings is 2. The monoisotopic (exact) mass is 399 g/mol. The van der Waals surface area contributed by atoms with E-state index < -0.39 is 15.6 Å². The average Bonchev–Trinajstić information content (AvgIpc) is 3.15. The summed E-state index contributed by atoms with van der Waals surface area (Å²) < 4.78 is 28.8. The Hall–Kier alpha value is -3.04. The molecule has 0 aliphatic heterocycles. The molecule has 9 heteroatoms. The van der Waals surface area contributed by atoms with Crippen molar-refractivity contribution < 1.29 is 13.2 Å². The Morgan fingerprint density at radius 1 is 1.00 bits per heavy atom. The summed E-state index contributed by atoms with van der Waals surface area (Å²) in [6, 6.07) is 12.9. The van der Waals surface area contributed by atoms with Crippen LogP contribution in [0.2, 0.25) is 0 Å². The highest BCUT2D eigenvalue weighted by atomic mass is 32.2. The summed E-state index contributed by atoms with van der Waals surface area (Å²) in [5.74, 6) is -0.332. The summed E-state index contributed by atoms with van der Waals surface area (Å²) in [6.07, 6.45) is 3.02. The van der Waals surface area contributed by atoms with E-state index in [-0.39, 0.29) is 10.8 Å². The van der Waals surface area contributed by atoms with Gasteiger partial charge in [0.05, 0.1) is 10.6 Å². The second-order valence-corrected chi connectivity index (χ2v) is 8.90. The molecule has 0 radical (unpaired) electrons. The number of nitrogens with zero attached hydrogens (tertiary/aromatic N) is 3. The molecule has 8 nitrogen and oxygen atoms in total. The van der Waals surface area contributed by atoms with Gasteiger partial charge in [-0.1, -0.05) is 0 Å². The van der Waals surface area contributed by atoms with Gasteiger partial charge >= 0.3 is 0 Å². The normalized spacial score (nSPS) is 12.0. The number of carbonyl (C=O) groups excluding carboxylic acids is 1. The molecule has 1 aromatic heterocycles. The maximum Gasteiger partial charge on any atom is 0.255 e. The number of carbonyl (C=O) groups is 1. The van der Waals surface area contributed by atoms with E-state index in [0.717, 1.165) is 5.69 Å². The first-order chi connectivity index (χ1) is 13.1. The van der Waals surface area contributed by atoms with E-state index in [1.165, 1.54) is 30.6 Å². The Balaban J connectivity index is 1.70. The molecule has 3 aromatic rings. The van der Waals surface area contributed by atoms with Crippen molar-refractivity contribution in [3.05, 3.63) is 66.7 Å². The molecule has 1 amide bonds. The summed E-state index contributed by atoms with van der Waals surface area (Å²) in [5, 5.41) is 6.82. The van der Waals surface area contributed by atoms with Gasteiger partial charge in [-0.15, -0.1) is 0 Å². The molecule has 0 aliphatic carbocycles. The number of aromatic nitrogens is 3. The molecule has 146 valence electrons. The van der Waals surface area contributed by atoms with Crippen LogP contribution < -0.4 is 10.0 Å². The Morgan fingerprint density at radius 2 is 1.64 bits per heavy atom. The van der Waals surface area contributed by atoms with Gasteiger partial charge in [0.2, 0.25) is 10.0 Å². The van der Waals surface area contributed by atoms with Gasteiger partial charge in [-0.05, 0) is 69.3 Å². The minimum absolute atomic E-state index is 0.108. The zero-order valence-corrected chi connectivity index (χ0v) is 16.6. The van der Waals surface area contributed by atoms with E-state index in [4.69, 9.17) is 0 Å². The Morgan fingerprint density at radius 3 is 2.18 bits per heavy atom. The summed E-state index contributed by atoms with van der Waals surface area (Å²) in [5.41, 5.74) is 1.19. The summed E-state index contributed by atoms with van der Waals surface area (Å²) in [6.45, 7) is 5.29. The predicted molar refractivity (Wildman–Crippen MR) is 106 cm³/mol. The molecule has 0 atom stereocenters. The molecule has 0 bridgehead atoms. The van der Waals surface area contributed by atoms with Crippen molar-refractivity contribution in [2.45, 2.75) is 31.2 Å². The zero-order valence-electron chi connectivity index (χ0n) is 15.7. The topological polar surface area (TPSA) is 106 Å². The molecule has 0 spiro atoms. The van der Waals surface area contributed by atoms with Gasteiger partial charge in [0.15, 0.2) is 0 Å². The minimum atomic E-state index is -3.64. The third kappa shape index (κ3) is 4.81. The summed E-state index contributed by atoms with van der Waals surface area (Å²) >= 11 is 0. The molecule has 2 aromatic carbocycles. The van der Waals surface area contributed by atoms with Crippen LogP contribution in [0.5, 0.6) is 0 Å².